The van der Waals surface area contributed by atoms with Crippen LogP contribution in [0.5, 0.6) is 5.75 Å². The second kappa shape index (κ2) is 7.27. The number of hydrogen-bond acceptors (Lipinski definition) is 6. The van der Waals surface area contributed by atoms with E-state index in [1.54, 1.807) is 48.8 Å². The number of rotatable bonds is 4. The van der Waals surface area contributed by atoms with Gasteiger partial charge in [-0.2, -0.15) is 0 Å². The first kappa shape index (κ1) is 18.3. The minimum atomic E-state index is -0.891. The molecule has 0 N–H and O–H groups in total. The molecule has 0 bridgehead atoms. The van der Waals surface area contributed by atoms with Crippen LogP contribution in [0.25, 0.3) is 0 Å². The van der Waals surface area contributed by atoms with Crippen molar-refractivity contribution in [2.75, 3.05) is 17.1 Å². The number of para-hydroxylation sites is 1. The van der Waals surface area contributed by atoms with Gasteiger partial charge in [-0.25, -0.2) is 9.96 Å². The van der Waals surface area contributed by atoms with Gasteiger partial charge in [0.05, 0.1) is 24.5 Å². The fourth-order valence-electron chi connectivity index (χ4n) is 4.10. The van der Waals surface area contributed by atoms with E-state index in [1.807, 2.05) is 42.5 Å². The number of hydrogen-bond donors (Lipinski definition) is 0. The van der Waals surface area contributed by atoms with E-state index >= 15 is 0 Å². The summed E-state index contributed by atoms with van der Waals surface area (Å²) < 4.78 is 5.17. The molecule has 2 fully saturated rings. The Morgan fingerprint density at radius 1 is 0.867 bits per heavy atom. The number of amides is 2. The van der Waals surface area contributed by atoms with Crippen molar-refractivity contribution in [3.8, 4) is 5.75 Å². The molecule has 2 aliphatic heterocycles. The largest absolute Gasteiger partial charge is 0.497 e. The van der Waals surface area contributed by atoms with Gasteiger partial charge in [-0.1, -0.05) is 18.2 Å². The first-order chi connectivity index (χ1) is 14.7. The van der Waals surface area contributed by atoms with Crippen LogP contribution >= 0.6 is 0 Å². The lowest BCUT2D eigenvalue weighted by molar-refractivity contribution is -0.126. The highest BCUT2D eigenvalue weighted by Gasteiger charge is 2.60. The number of nitrogens with zero attached hydrogens (tertiary/aromatic N) is 3. The molecule has 3 heterocycles. The average molecular weight is 401 g/mol. The summed E-state index contributed by atoms with van der Waals surface area (Å²) in [5.74, 6) is -0.663. The van der Waals surface area contributed by atoms with E-state index in [2.05, 4.69) is 4.98 Å². The molecule has 2 amide bonds. The van der Waals surface area contributed by atoms with Crippen LogP contribution in [0.4, 0.5) is 11.4 Å². The fraction of sp³-hybridized carbons (Fsp3) is 0.174. The first-order valence-corrected chi connectivity index (χ1v) is 9.62. The molecule has 2 aromatic carbocycles. The number of fused-ring (bicyclic) bond motifs is 1. The van der Waals surface area contributed by atoms with Crippen LogP contribution in [0.2, 0.25) is 0 Å². The van der Waals surface area contributed by atoms with Gasteiger partial charge in [-0.15, -0.1) is 0 Å². The van der Waals surface area contributed by atoms with Crippen molar-refractivity contribution in [3.05, 3.63) is 84.7 Å². The number of aromatic nitrogens is 1. The maximum Gasteiger partial charge on any atom is 0.266 e. The number of imide groups is 1. The van der Waals surface area contributed by atoms with Crippen LogP contribution in [0.1, 0.15) is 11.6 Å². The summed E-state index contributed by atoms with van der Waals surface area (Å²) in [6.45, 7) is 0. The zero-order valence-corrected chi connectivity index (χ0v) is 16.2. The van der Waals surface area contributed by atoms with E-state index in [-0.39, 0.29) is 11.8 Å². The fourth-order valence-corrected chi connectivity index (χ4v) is 4.10. The standard InChI is InChI=1S/C23H19N3O4/c1-29-18-9-7-16(8-10-18)25-22(27)19-20(15-11-13-24-14-12-15)26(30-21(19)23(25)28)17-5-3-2-4-6-17/h2-14,19-21H,1H3/t19-,20-,21+/m1/s1. The molecule has 0 radical (unpaired) electrons. The number of carbonyl (C=O) groups is 2. The summed E-state index contributed by atoms with van der Waals surface area (Å²) in [6, 6.07) is 19.6. The number of pyridine rings is 1. The van der Waals surface area contributed by atoms with E-state index in [0.29, 0.717) is 11.4 Å². The lowest BCUT2D eigenvalue weighted by atomic mass is 9.91. The normalized spacial score (nSPS) is 23.0. The highest BCUT2D eigenvalue weighted by atomic mass is 16.7. The number of benzene rings is 2. The Kier molecular flexibility index (Phi) is 4.44. The monoisotopic (exact) mass is 401 g/mol. The number of ether oxygens (including phenoxy) is 1. The summed E-state index contributed by atoms with van der Waals surface area (Å²) in [4.78, 5) is 38.1. The zero-order chi connectivity index (χ0) is 20.7. The van der Waals surface area contributed by atoms with Crippen molar-refractivity contribution in [2.24, 2.45) is 5.92 Å². The summed E-state index contributed by atoms with van der Waals surface area (Å²) in [5, 5.41) is 1.67. The van der Waals surface area contributed by atoms with Crippen molar-refractivity contribution < 1.29 is 19.2 Å². The minimum Gasteiger partial charge on any atom is -0.497 e. The molecule has 2 saturated heterocycles. The minimum absolute atomic E-state index is 0.282. The maximum absolute atomic E-state index is 13.5. The van der Waals surface area contributed by atoms with Crippen LogP contribution in [0.3, 0.4) is 0 Å². The molecule has 7 heteroatoms. The molecular formula is C23H19N3O4. The van der Waals surface area contributed by atoms with Gasteiger partial charge < -0.3 is 4.74 Å². The van der Waals surface area contributed by atoms with Crippen molar-refractivity contribution >= 4 is 23.2 Å². The van der Waals surface area contributed by atoms with E-state index in [0.717, 1.165) is 11.3 Å². The van der Waals surface area contributed by atoms with Crippen molar-refractivity contribution in [1.82, 2.24) is 4.98 Å². The number of anilines is 2. The Labute approximate surface area is 173 Å². The Morgan fingerprint density at radius 3 is 2.23 bits per heavy atom. The van der Waals surface area contributed by atoms with Crippen LogP contribution in [-0.2, 0) is 14.4 Å². The van der Waals surface area contributed by atoms with Gasteiger partial charge in [0.25, 0.3) is 5.91 Å². The average Bonchev–Trinajstić information content (AvgIpc) is 3.31. The second-order valence-electron chi connectivity index (χ2n) is 7.15. The Hall–Kier alpha value is -3.71. The zero-order valence-electron chi connectivity index (χ0n) is 16.2. The molecular weight excluding hydrogens is 382 g/mol. The van der Waals surface area contributed by atoms with Crippen LogP contribution in [-0.4, -0.2) is 30.0 Å². The summed E-state index contributed by atoms with van der Waals surface area (Å²) in [7, 11) is 1.57. The van der Waals surface area contributed by atoms with E-state index in [1.165, 1.54) is 4.90 Å². The number of carbonyl (C=O) groups excluding carboxylic acids is 2. The highest BCUT2D eigenvalue weighted by molar-refractivity contribution is 6.23. The molecule has 5 rings (SSSR count). The van der Waals surface area contributed by atoms with E-state index < -0.39 is 18.1 Å². The highest BCUT2D eigenvalue weighted by Crippen LogP contribution is 2.47. The van der Waals surface area contributed by atoms with Crippen molar-refractivity contribution in [2.45, 2.75) is 12.1 Å². The van der Waals surface area contributed by atoms with Gasteiger partial charge in [0.2, 0.25) is 5.91 Å². The molecule has 0 unspecified atom stereocenters. The van der Waals surface area contributed by atoms with Gasteiger partial charge in [-0.3, -0.25) is 19.4 Å². The lowest BCUT2D eigenvalue weighted by Gasteiger charge is -2.28. The third-order valence-electron chi connectivity index (χ3n) is 5.50. The molecule has 0 aliphatic carbocycles. The molecule has 30 heavy (non-hydrogen) atoms. The Bertz CT molecular complexity index is 1070. The van der Waals surface area contributed by atoms with Crippen molar-refractivity contribution in [1.29, 1.82) is 0 Å². The van der Waals surface area contributed by atoms with E-state index in [9.17, 15) is 9.59 Å². The predicted octanol–water partition coefficient (Wildman–Crippen LogP) is 3.14. The topological polar surface area (TPSA) is 72.0 Å². The van der Waals surface area contributed by atoms with Gasteiger partial charge in [0, 0.05) is 12.4 Å². The molecule has 0 saturated carbocycles. The van der Waals surface area contributed by atoms with Crippen LogP contribution in [0, 0.1) is 5.92 Å². The second-order valence-corrected chi connectivity index (χ2v) is 7.15. The van der Waals surface area contributed by atoms with Gasteiger partial charge >= 0.3 is 0 Å². The SMILES string of the molecule is COc1ccc(N2C(=O)[C@H]3[C@H](ON(c4ccccc4)[C@@H]3c3ccncc3)C2=O)cc1. The molecule has 7 nitrogen and oxygen atoms in total. The smallest absolute Gasteiger partial charge is 0.266 e. The van der Waals surface area contributed by atoms with Crippen LogP contribution in [0.15, 0.2) is 79.1 Å². The maximum atomic E-state index is 13.5. The van der Waals surface area contributed by atoms with Gasteiger partial charge in [-0.05, 0) is 54.1 Å². The molecule has 0 spiro atoms. The quantitative estimate of drug-likeness (QED) is 0.626. The predicted molar refractivity (Wildman–Crippen MR) is 110 cm³/mol. The summed E-state index contributed by atoms with van der Waals surface area (Å²) >= 11 is 0. The summed E-state index contributed by atoms with van der Waals surface area (Å²) in [6.07, 6.45) is 2.46. The molecule has 2 aliphatic rings. The number of hydroxylamine groups is 1. The van der Waals surface area contributed by atoms with Crippen molar-refractivity contribution in [3.63, 3.8) is 0 Å². The third-order valence-corrected chi connectivity index (χ3v) is 5.50. The molecule has 1 aromatic heterocycles. The van der Waals surface area contributed by atoms with Gasteiger partial charge in [0.1, 0.15) is 11.7 Å². The Morgan fingerprint density at radius 2 is 1.57 bits per heavy atom. The van der Waals surface area contributed by atoms with Crippen LogP contribution < -0.4 is 14.7 Å². The van der Waals surface area contributed by atoms with E-state index in [4.69, 9.17) is 9.57 Å². The molecule has 3 atom stereocenters. The van der Waals surface area contributed by atoms with Gasteiger partial charge in [0.15, 0.2) is 6.10 Å². The molecule has 150 valence electrons. The third kappa shape index (κ3) is 2.83. The Balaban J connectivity index is 1.55. The number of methoxy groups -OCH3 is 1. The lowest BCUT2D eigenvalue weighted by Crippen LogP contribution is -2.37. The molecule has 3 aromatic rings. The summed E-state index contributed by atoms with van der Waals surface area (Å²) in [5.41, 5.74) is 2.15. The first-order valence-electron chi connectivity index (χ1n) is 9.62.